The molecule has 0 bridgehead atoms. The first-order valence-corrected chi connectivity index (χ1v) is 9.23. The van der Waals surface area contributed by atoms with Crippen molar-refractivity contribution < 1.29 is 5.11 Å². The molecule has 2 saturated heterocycles. The number of nitrogens with zero attached hydrogens (tertiary/aromatic N) is 2. The highest BCUT2D eigenvalue weighted by Crippen LogP contribution is 2.31. The standard InChI is InChI=1S/C16H33N2OP/c1-14(2)18-9-4-15(5-10-18)3-6-16(19)7-11-17(13-20)12-8-16/h14-15,19H,3-13,20H2,1-2H3. The lowest BCUT2D eigenvalue weighted by Gasteiger charge is -2.40. The van der Waals surface area contributed by atoms with Gasteiger partial charge >= 0.3 is 0 Å². The quantitative estimate of drug-likeness (QED) is 0.791. The Morgan fingerprint density at radius 3 is 2.25 bits per heavy atom. The van der Waals surface area contributed by atoms with E-state index in [4.69, 9.17) is 0 Å². The zero-order valence-corrected chi connectivity index (χ0v) is 14.5. The molecule has 2 fully saturated rings. The van der Waals surface area contributed by atoms with Crippen molar-refractivity contribution in [3.8, 4) is 0 Å². The third-order valence-corrected chi connectivity index (χ3v) is 5.96. The molecule has 1 unspecified atom stereocenters. The van der Waals surface area contributed by atoms with E-state index < -0.39 is 0 Å². The Morgan fingerprint density at radius 1 is 1.15 bits per heavy atom. The maximum atomic E-state index is 10.7. The second-order valence-electron chi connectivity index (χ2n) is 7.14. The van der Waals surface area contributed by atoms with Crippen LogP contribution in [0.5, 0.6) is 0 Å². The lowest BCUT2D eigenvalue weighted by molar-refractivity contribution is -0.0299. The lowest BCUT2D eigenvalue weighted by Crippen LogP contribution is -2.44. The van der Waals surface area contributed by atoms with Gasteiger partial charge in [0.15, 0.2) is 0 Å². The zero-order chi connectivity index (χ0) is 14.6. The van der Waals surface area contributed by atoms with Crippen molar-refractivity contribution in [2.45, 2.75) is 64.0 Å². The molecule has 0 amide bonds. The minimum atomic E-state index is -0.370. The van der Waals surface area contributed by atoms with Crippen LogP contribution < -0.4 is 0 Å². The molecular weight excluding hydrogens is 267 g/mol. The van der Waals surface area contributed by atoms with E-state index in [-0.39, 0.29) is 5.60 Å². The molecule has 3 nitrogen and oxygen atoms in total. The van der Waals surface area contributed by atoms with Crippen LogP contribution >= 0.6 is 9.24 Å². The topological polar surface area (TPSA) is 26.7 Å². The maximum absolute atomic E-state index is 10.7. The molecule has 1 N–H and O–H groups in total. The predicted octanol–water partition coefficient (Wildman–Crippen LogP) is 2.55. The van der Waals surface area contributed by atoms with Crippen molar-refractivity contribution in [1.29, 1.82) is 0 Å². The van der Waals surface area contributed by atoms with Gasteiger partial charge in [-0.05, 0) is 71.4 Å². The first-order valence-electron chi connectivity index (χ1n) is 8.41. The Bertz CT molecular complexity index is 282. The van der Waals surface area contributed by atoms with Crippen LogP contribution in [-0.4, -0.2) is 59.0 Å². The number of hydrogen-bond donors (Lipinski definition) is 1. The lowest BCUT2D eigenvalue weighted by atomic mass is 9.82. The van der Waals surface area contributed by atoms with Crippen LogP contribution in [0.2, 0.25) is 0 Å². The van der Waals surface area contributed by atoms with Gasteiger partial charge < -0.3 is 10.0 Å². The Kier molecular flexibility index (Phi) is 6.28. The van der Waals surface area contributed by atoms with E-state index in [1.165, 1.54) is 32.4 Å². The first kappa shape index (κ1) is 16.7. The highest BCUT2D eigenvalue weighted by Gasteiger charge is 2.32. The van der Waals surface area contributed by atoms with Crippen molar-refractivity contribution in [1.82, 2.24) is 9.80 Å². The predicted molar refractivity (Wildman–Crippen MR) is 89.0 cm³/mol. The van der Waals surface area contributed by atoms with E-state index in [9.17, 15) is 5.11 Å². The molecule has 0 saturated carbocycles. The summed E-state index contributed by atoms with van der Waals surface area (Å²) in [6, 6.07) is 0.691. The van der Waals surface area contributed by atoms with Gasteiger partial charge in [0, 0.05) is 25.4 Å². The van der Waals surface area contributed by atoms with Gasteiger partial charge in [0.1, 0.15) is 0 Å². The van der Waals surface area contributed by atoms with Crippen LogP contribution in [0.25, 0.3) is 0 Å². The molecule has 2 aliphatic heterocycles. The van der Waals surface area contributed by atoms with Crippen LogP contribution in [0.1, 0.15) is 52.4 Å². The van der Waals surface area contributed by atoms with Crippen molar-refractivity contribution in [2.75, 3.05) is 32.5 Å². The van der Waals surface area contributed by atoms with Crippen LogP contribution in [-0.2, 0) is 0 Å². The largest absolute Gasteiger partial charge is 0.390 e. The molecule has 2 heterocycles. The highest BCUT2D eigenvalue weighted by atomic mass is 31.0. The van der Waals surface area contributed by atoms with Crippen LogP contribution in [0.15, 0.2) is 0 Å². The van der Waals surface area contributed by atoms with Crippen LogP contribution in [0.3, 0.4) is 0 Å². The average Bonchev–Trinajstić information content (AvgIpc) is 2.46. The first-order chi connectivity index (χ1) is 9.52. The van der Waals surface area contributed by atoms with Gasteiger partial charge in [-0.2, -0.15) is 0 Å². The molecule has 0 spiro atoms. The van der Waals surface area contributed by atoms with Gasteiger partial charge in [-0.3, -0.25) is 4.90 Å². The summed E-state index contributed by atoms with van der Waals surface area (Å²) in [6.45, 7) is 9.21. The van der Waals surface area contributed by atoms with E-state index in [2.05, 4.69) is 32.9 Å². The Labute approximate surface area is 127 Å². The summed E-state index contributed by atoms with van der Waals surface area (Å²) in [4.78, 5) is 5.00. The molecule has 0 aromatic heterocycles. The fourth-order valence-electron chi connectivity index (χ4n) is 3.63. The van der Waals surface area contributed by atoms with Crippen molar-refractivity contribution >= 4 is 9.24 Å². The molecule has 2 rings (SSSR count). The fourth-order valence-corrected chi connectivity index (χ4v) is 4.00. The van der Waals surface area contributed by atoms with E-state index in [0.29, 0.717) is 6.04 Å². The van der Waals surface area contributed by atoms with Gasteiger partial charge in [-0.15, -0.1) is 9.24 Å². The molecule has 4 heteroatoms. The molecule has 0 aromatic carbocycles. The minimum Gasteiger partial charge on any atom is -0.390 e. The number of aliphatic hydroxyl groups is 1. The van der Waals surface area contributed by atoms with Gasteiger partial charge in [0.05, 0.1) is 5.60 Å². The van der Waals surface area contributed by atoms with Crippen molar-refractivity contribution in [3.05, 3.63) is 0 Å². The SMILES string of the molecule is CC(C)N1CCC(CCC2(O)CCN(CP)CC2)CC1. The minimum absolute atomic E-state index is 0.370. The third-order valence-electron chi connectivity index (χ3n) is 5.44. The smallest absolute Gasteiger partial charge is 0.0672 e. The molecule has 2 aliphatic rings. The third kappa shape index (κ3) is 4.66. The zero-order valence-electron chi connectivity index (χ0n) is 13.4. The summed E-state index contributed by atoms with van der Waals surface area (Å²) in [7, 11) is 2.79. The number of likely N-dealkylation sites (tertiary alicyclic amines) is 2. The molecule has 0 aromatic rings. The Morgan fingerprint density at radius 2 is 1.75 bits per heavy atom. The second kappa shape index (κ2) is 7.54. The summed E-state index contributed by atoms with van der Waals surface area (Å²) < 4.78 is 0. The number of piperidine rings is 2. The van der Waals surface area contributed by atoms with E-state index in [1.807, 2.05) is 0 Å². The molecule has 1 atom stereocenters. The maximum Gasteiger partial charge on any atom is 0.0672 e. The molecular formula is C16H33N2OP. The summed E-state index contributed by atoms with van der Waals surface area (Å²) in [5, 5.41) is 10.7. The average molecular weight is 300 g/mol. The molecule has 118 valence electrons. The number of rotatable bonds is 5. The van der Waals surface area contributed by atoms with Crippen LogP contribution in [0, 0.1) is 5.92 Å². The normalized spacial score (nSPS) is 26.2. The number of hydrogen-bond acceptors (Lipinski definition) is 3. The molecule has 20 heavy (non-hydrogen) atoms. The summed E-state index contributed by atoms with van der Waals surface area (Å²) in [5.74, 6) is 0.841. The summed E-state index contributed by atoms with van der Waals surface area (Å²) >= 11 is 0. The van der Waals surface area contributed by atoms with Crippen molar-refractivity contribution in [2.24, 2.45) is 5.92 Å². The van der Waals surface area contributed by atoms with E-state index >= 15 is 0 Å². The fraction of sp³-hybridized carbons (Fsp3) is 1.00. The van der Waals surface area contributed by atoms with Crippen molar-refractivity contribution in [3.63, 3.8) is 0 Å². The van der Waals surface area contributed by atoms with Gasteiger partial charge in [0.25, 0.3) is 0 Å². The van der Waals surface area contributed by atoms with Gasteiger partial charge in [-0.1, -0.05) is 0 Å². The highest BCUT2D eigenvalue weighted by molar-refractivity contribution is 7.16. The van der Waals surface area contributed by atoms with Gasteiger partial charge in [0.2, 0.25) is 0 Å². The van der Waals surface area contributed by atoms with Crippen LogP contribution in [0.4, 0.5) is 0 Å². The summed E-state index contributed by atoms with van der Waals surface area (Å²) in [5.41, 5.74) is -0.370. The van der Waals surface area contributed by atoms with E-state index in [1.54, 1.807) is 0 Å². The molecule has 0 aliphatic carbocycles. The Hall–Kier alpha value is 0.310. The molecule has 0 radical (unpaired) electrons. The second-order valence-corrected chi connectivity index (χ2v) is 7.50. The van der Waals surface area contributed by atoms with E-state index in [0.717, 1.165) is 44.6 Å². The van der Waals surface area contributed by atoms with Gasteiger partial charge in [-0.25, -0.2) is 0 Å². The Balaban J connectivity index is 1.68. The monoisotopic (exact) mass is 300 g/mol. The summed E-state index contributed by atoms with van der Waals surface area (Å²) in [6.07, 6.45) is 7.87.